The summed E-state index contributed by atoms with van der Waals surface area (Å²) < 4.78 is 0. The van der Waals surface area contributed by atoms with E-state index in [2.05, 4.69) is 5.32 Å². The van der Waals surface area contributed by atoms with Crippen molar-refractivity contribution >= 4 is 39.8 Å². The van der Waals surface area contributed by atoms with Crippen molar-refractivity contribution in [3.63, 3.8) is 0 Å². The van der Waals surface area contributed by atoms with E-state index in [0.717, 1.165) is 39.0 Å². The maximum Gasteiger partial charge on any atom is 0.325 e. The minimum atomic E-state index is -1.01. The quantitative estimate of drug-likeness (QED) is 0.545. The van der Waals surface area contributed by atoms with Gasteiger partial charge in [-0.05, 0) is 47.5 Å². The first-order valence-corrected chi connectivity index (χ1v) is 10.2. The molecule has 1 unspecified atom stereocenters. The average molecular weight is 390 g/mol. The van der Waals surface area contributed by atoms with Gasteiger partial charge < -0.3 is 5.32 Å². The second-order valence-electron chi connectivity index (χ2n) is 7.32. The lowest BCUT2D eigenvalue weighted by Gasteiger charge is -2.31. The van der Waals surface area contributed by atoms with E-state index in [1.165, 1.54) is 0 Å². The number of benzene rings is 2. The van der Waals surface area contributed by atoms with Gasteiger partial charge in [0.1, 0.15) is 5.54 Å². The Bertz CT molecular complexity index is 1140. The van der Waals surface area contributed by atoms with Crippen LogP contribution in [0.2, 0.25) is 0 Å². The number of fused-ring (bicyclic) bond motifs is 3. The molecule has 6 heteroatoms. The molecule has 0 bridgehead atoms. The SMILES string of the molecule is O=C(CN1C(=O)NC2(CCCc3sccc32)C1=O)c1ccc2ccccc2c1. The molecule has 2 aromatic carbocycles. The number of carbonyl (C=O) groups is 3. The van der Waals surface area contributed by atoms with E-state index >= 15 is 0 Å². The standard InChI is InChI=1S/C22H18N2O3S/c25-18(16-8-7-14-4-1-2-5-15(14)12-16)13-24-20(26)22(23-21(24)27)10-3-6-19-17(22)9-11-28-19/h1-2,4-5,7-9,11-12H,3,6,10,13H2,(H,23,27). The Hall–Kier alpha value is -2.99. The third-order valence-electron chi connectivity index (χ3n) is 5.71. The summed E-state index contributed by atoms with van der Waals surface area (Å²) in [7, 11) is 0. The molecule has 5 rings (SSSR count). The van der Waals surface area contributed by atoms with Crippen LogP contribution in [0.4, 0.5) is 4.79 Å². The molecule has 0 saturated carbocycles. The van der Waals surface area contributed by atoms with Crippen LogP contribution in [0.3, 0.4) is 0 Å². The van der Waals surface area contributed by atoms with Crippen LogP contribution in [0.5, 0.6) is 0 Å². The van der Waals surface area contributed by atoms with E-state index in [0.29, 0.717) is 12.0 Å². The summed E-state index contributed by atoms with van der Waals surface area (Å²) in [6, 6.07) is 14.7. The number of thiophene rings is 1. The second-order valence-corrected chi connectivity index (χ2v) is 8.32. The highest BCUT2D eigenvalue weighted by Crippen LogP contribution is 2.42. The summed E-state index contributed by atoms with van der Waals surface area (Å²) in [6.07, 6.45) is 2.34. The van der Waals surface area contributed by atoms with Crippen LogP contribution in [0, 0.1) is 0 Å². The van der Waals surface area contributed by atoms with Gasteiger partial charge in [-0.25, -0.2) is 4.79 Å². The molecule has 2 heterocycles. The van der Waals surface area contributed by atoms with Crippen molar-refractivity contribution in [2.45, 2.75) is 24.8 Å². The number of hydrogen-bond acceptors (Lipinski definition) is 4. The van der Waals surface area contributed by atoms with Gasteiger partial charge in [-0.2, -0.15) is 0 Å². The van der Waals surface area contributed by atoms with Gasteiger partial charge in [-0.1, -0.05) is 36.4 Å². The van der Waals surface area contributed by atoms with Crippen LogP contribution in [-0.4, -0.2) is 29.2 Å². The van der Waals surface area contributed by atoms with E-state index in [4.69, 9.17) is 0 Å². The fourth-order valence-electron chi connectivity index (χ4n) is 4.28. The largest absolute Gasteiger partial charge is 0.325 e. The third kappa shape index (κ3) is 2.48. The Labute approximate surface area is 166 Å². The molecule has 1 fully saturated rings. The highest BCUT2D eigenvalue weighted by Gasteiger charge is 2.54. The molecule has 28 heavy (non-hydrogen) atoms. The normalized spacial score (nSPS) is 21.2. The van der Waals surface area contributed by atoms with E-state index < -0.39 is 11.6 Å². The summed E-state index contributed by atoms with van der Waals surface area (Å²) in [5.74, 6) is -0.557. The molecule has 1 spiro atoms. The lowest BCUT2D eigenvalue weighted by Crippen LogP contribution is -2.46. The molecular weight excluding hydrogens is 372 g/mol. The topological polar surface area (TPSA) is 66.5 Å². The number of nitrogens with zero attached hydrogens (tertiary/aromatic N) is 1. The summed E-state index contributed by atoms with van der Waals surface area (Å²) in [6.45, 7) is -0.246. The molecule has 1 atom stereocenters. The highest BCUT2D eigenvalue weighted by molar-refractivity contribution is 7.10. The van der Waals surface area contributed by atoms with E-state index in [1.54, 1.807) is 17.4 Å². The maximum absolute atomic E-state index is 13.2. The third-order valence-corrected chi connectivity index (χ3v) is 6.69. The molecule has 3 aromatic rings. The van der Waals surface area contributed by atoms with Gasteiger partial charge in [0, 0.05) is 16.0 Å². The van der Waals surface area contributed by atoms with Crippen molar-refractivity contribution in [2.24, 2.45) is 0 Å². The van der Waals surface area contributed by atoms with Gasteiger partial charge in [-0.3, -0.25) is 14.5 Å². The number of amides is 3. The van der Waals surface area contributed by atoms with Crippen molar-refractivity contribution in [3.05, 3.63) is 69.9 Å². The van der Waals surface area contributed by atoms with Crippen molar-refractivity contribution in [2.75, 3.05) is 6.54 Å². The van der Waals surface area contributed by atoms with Crippen LogP contribution < -0.4 is 5.32 Å². The molecule has 1 aliphatic heterocycles. The number of rotatable bonds is 3. The molecule has 1 N–H and O–H groups in total. The Kier molecular flexibility index (Phi) is 3.84. The van der Waals surface area contributed by atoms with Crippen LogP contribution in [0.1, 0.15) is 33.6 Å². The zero-order valence-corrected chi connectivity index (χ0v) is 15.9. The second kappa shape index (κ2) is 6.27. The summed E-state index contributed by atoms with van der Waals surface area (Å²) in [5, 5.41) is 6.85. The van der Waals surface area contributed by atoms with Crippen LogP contribution in [0.25, 0.3) is 10.8 Å². The van der Waals surface area contributed by atoms with E-state index in [-0.39, 0.29) is 18.2 Å². The summed E-state index contributed by atoms with van der Waals surface area (Å²) in [5.41, 5.74) is 0.386. The summed E-state index contributed by atoms with van der Waals surface area (Å²) in [4.78, 5) is 40.9. The van der Waals surface area contributed by atoms with Crippen LogP contribution in [-0.2, 0) is 16.8 Å². The van der Waals surface area contributed by atoms with Gasteiger partial charge in [-0.15, -0.1) is 11.3 Å². The van der Waals surface area contributed by atoms with Gasteiger partial charge >= 0.3 is 6.03 Å². The zero-order chi connectivity index (χ0) is 19.3. The lowest BCUT2D eigenvalue weighted by atomic mass is 9.80. The molecule has 2 aliphatic rings. The molecule has 1 aliphatic carbocycles. The summed E-state index contributed by atoms with van der Waals surface area (Å²) >= 11 is 1.61. The smallest absolute Gasteiger partial charge is 0.319 e. The number of urea groups is 1. The Morgan fingerprint density at radius 2 is 1.93 bits per heavy atom. The zero-order valence-electron chi connectivity index (χ0n) is 15.1. The van der Waals surface area contributed by atoms with E-state index in [9.17, 15) is 14.4 Å². The van der Waals surface area contributed by atoms with Gasteiger partial charge in [0.2, 0.25) is 0 Å². The number of nitrogens with one attached hydrogen (secondary N) is 1. The predicted molar refractivity (Wildman–Crippen MR) is 107 cm³/mol. The first kappa shape index (κ1) is 17.1. The minimum absolute atomic E-state index is 0.243. The van der Waals surface area contributed by atoms with Crippen molar-refractivity contribution in [1.29, 1.82) is 0 Å². The van der Waals surface area contributed by atoms with Crippen molar-refractivity contribution < 1.29 is 14.4 Å². The molecule has 5 nitrogen and oxygen atoms in total. The van der Waals surface area contributed by atoms with E-state index in [1.807, 2.05) is 47.8 Å². The lowest BCUT2D eigenvalue weighted by molar-refractivity contribution is -0.131. The fraction of sp³-hybridized carbons (Fsp3) is 0.227. The molecule has 1 aromatic heterocycles. The molecule has 3 amide bonds. The van der Waals surface area contributed by atoms with Crippen molar-refractivity contribution in [3.8, 4) is 0 Å². The van der Waals surface area contributed by atoms with Gasteiger partial charge in [0.15, 0.2) is 5.78 Å². The Morgan fingerprint density at radius 3 is 2.79 bits per heavy atom. The Balaban J connectivity index is 1.43. The molecular formula is C22H18N2O3S. The van der Waals surface area contributed by atoms with Gasteiger partial charge in [0.05, 0.1) is 6.54 Å². The predicted octanol–water partition coefficient (Wildman–Crippen LogP) is 3.87. The molecule has 1 saturated heterocycles. The van der Waals surface area contributed by atoms with Crippen molar-refractivity contribution in [1.82, 2.24) is 10.2 Å². The van der Waals surface area contributed by atoms with Crippen LogP contribution >= 0.6 is 11.3 Å². The van der Waals surface area contributed by atoms with Crippen LogP contribution in [0.15, 0.2) is 53.9 Å². The highest BCUT2D eigenvalue weighted by atomic mass is 32.1. The molecule has 140 valence electrons. The monoisotopic (exact) mass is 390 g/mol. The number of carbonyl (C=O) groups excluding carboxylic acids is 3. The number of ketones is 1. The fourth-order valence-corrected chi connectivity index (χ4v) is 5.28. The number of imide groups is 1. The number of Topliss-reactive ketones (excluding diaryl/α,β-unsaturated/α-hetero) is 1. The number of aryl methyl sites for hydroxylation is 1. The Morgan fingerprint density at radius 1 is 1.11 bits per heavy atom. The minimum Gasteiger partial charge on any atom is -0.319 e. The van der Waals surface area contributed by atoms with Gasteiger partial charge in [0.25, 0.3) is 5.91 Å². The molecule has 0 radical (unpaired) electrons. The number of hydrogen-bond donors (Lipinski definition) is 1. The average Bonchev–Trinajstić information content (AvgIpc) is 3.28. The first-order chi connectivity index (χ1) is 13.6. The first-order valence-electron chi connectivity index (χ1n) is 9.31. The maximum atomic E-state index is 13.2.